The molecule has 1 N–H and O–H groups in total. The third-order valence-corrected chi connectivity index (χ3v) is 8.58. The van der Waals surface area contributed by atoms with E-state index in [4.69, 9.17) is 4.74 Å². The van der Waals surface area contributed by atoms with Crippen molar-refractivity contribution >= 4 is 17.6 Å². The first-order valence-electron chi connectivity index (χ1n) is 13.6. The van der Waals surface area contributed by atoms with E-state index in [9.17, 15) is 26.3 Å². The molecule has 1 aromatic carbocycles. The SMILES string of the molecule is CN1CCC(NC2=C(Sc3ccc(-c4ccnc(N5CCOCC5)c4)c(C(F)(F)F)c3C(F)(F)F)CC=CC#C2)CC1. The lowest BCUT2D eigenvalue weighted by Crippen LogP contribution is -2.40. The van der Waals surface area contributed by atoms with Crippen molar-refractivity contribution in [2.24, 2.45) is 0 Å². The molecule has 0 atom stereocenters. The van der Waals surface area contributed by atoms with Crippen LogP contribution in [0.3, 0.4) is 0 Å². The van der Waals surface area contributed by atoms with E-state index in [0.717, 1.165) is 38.1 Å². The van der Waals surface area contributed by atoms with Crippen molar-refractivity contribution in [1.82, 2.24) is 15.2 Å². The Balaban J connectivity index is 1.57. The van der Waals surface area contributed by atoms with E-state index < -0.39 is 33.9 Å². The Morgan fingerprint density at radius 2 is 1.69 bits per heavy atom. The normalized spacial score (nSPS) is 19.0. The van der Waals surface area contributed by atoms with Gasteiger partial charge in [-0.1, -0.05) is 29.8 Å². The van der Waals surface area contributed by atoms with Gasteiger partial charge in [-0.15, -0.1) is 0 Å². The lowest BCUT2D eigenvalue weighted by atomic mass is 9.94. The van der Waals surface area contributed by atoms with Gasteiger partial charge in [0.25, 0.3) is 0 Å². The van der Waals surface area contributed by atoms with Gasteiger partial charge in [0.1, 0.15) is 5.82 Å². The number of rotatable bonds is 6. The summed E-state index contributed by atoms with van der Waals surface area (Å²) in [6.45, 7) is 3.52. The number of hydrogen-bond donors (Lipinski definition) is 1. The number of halogens is 6. The second-order valence-corrected chi connectivity index (χ2v) is 11.5. The van der Waals surface area contributed by atoms with Crippen LogP contribution in [0, 0.1) is 11.8 Å². The fraction of sp³-hybridized carbons (Fsp3) is 0.433. The van der Waals surface area contributed by atoms with Crippen LogP contribution in [0.5, 0.6) is 0 Å². The molecule has 1 aliphatic carbocycles. The molecule has 12 heteroatoms. The molecular formula is C30H30F6N4OS. The first-order chi connectivity index (χ1) is 20.0. The van der Waals surface area contributed by atoms with Crippen LogP contribution < -0.4 is 10.2 Å². The molecule has 0 spiro atoms. The number of piperidine rings is 1. The molecule has 42 heavy (non-hydrogen) atoms. The van der Waals surface area contributed by atoms with Crippen molar-refractivity contribution in [2.75, 3.05) is 51.3 Å². The van der Waals surface area contributed by atoms with E-state index in [-0.39, 0.29) is 18.0 Å². The fourth-order valence-electron chi connectivity index (χ4n) is 5.25. The quantitative estimate of drug-likeness (QED) is 0.296. The number of nitrogens with zero attached hydrogens (tertiary/aromatic N) is 3. The third-order valence-electron chi connectivity index (χ3n) is 7.41. The summed E-state index contributed by atoms with van der Waals surface area (Å²) < 4.78 is 93.0. The van der Waals surface area contributed by atoms with Crippen LogP contribution in [0.4, 0.5) is 32.2 Å². The van der Waals surface area contributed by atoms with E-state index in [1.54, 1.807) is 12.2 Å². The Morgan fingerprint density at radius 3 is 2.38 bits per heavy atom. The Labute approximate surface area is 245 Å². The molecule has 0 amide bonds. The van der Waals surface area contributed by atoms with Gasteiger partial charge in [0.05, 0.1) is 30.0 Å². The Hall–Kier alpha value is -3.14. The van der Waals surface area contributed by atoms with Crippen LogP contribution in [-0.2, 0) is 17.1 Å². The highest BCUT2D eigenvalue weighted by molar-refractivity contribution is 8.03. The van der Waals surface area contributed by atoms with Gasteiger partial charge in [-0.25, -0.2) is 4.98 Å². The first kappa shape index (κ1) is 30.3. The average Bonchev–Trinajstić information content (AvgIpc) is 3.18. The predicted molar refractivity (Wildman–Crippen MR) is 151 cm³/mol. The van der Waals surface area contributed by atoms with Gasteiger partial charge in [-0.2, -0.15) is 26.3 Å². The molecule has 0 radical (unpaired) electrons. The van der Waals surface area contributed by atoms with Gasteiger partial charge in [-0.05, 0) is 74.3 Å². The third kappa shape index (κ3) is 7.07. The summed E-state index contributed by atoms with van der Waals surface area (Å²) in [5, 5.41) is 3.36. The first-order valence-corrected chi connectivity index (χ1v) is 14.5. The van der Waals surface area contributed by atoms with Crippen molar-refractivity contribution in [1.29, 1.82) is 0 Å². The van der Waals surface area contributed by atoms with E-state index >= 15 is 0 Å². The molecule has 3 heterocycles. The summed E-state index contributed by atoms with van der Waals surface area (Å²) in [4.78, 5) is 8.19. The van der Waals surface area contributed by atoms with Gasteiger partial charge in [0, 0.05) is 41.5 Å². The maximum atomic E-state index is 14.6. The zero-order valence-corrected chi connectivity index (χ0v) is 23.7. The van der Waals surface area contributed by atoms with Gasteiger partial charge < -0.3 is 19.9 Å². The molecule has 3 aliphatic rings. The molecular weight excluding hydrogens is 578 g/mol. The lowest BCUT2D eigenvalue weighted by molar-refractivity contribution is -0.163. The van der Waals surface area contributed by atoms with Gasteiger partial charge >= 0.3 is 12.4 Å². The Morgan fingerprint density at radius 1 is 0.976 bits per heavy atom. The second kappa shape index (κ2) is 12.6. The number of aromatic nitrogens is 1. The minimum Gasteiger partial charge on any atom is -0.378 e. The number of hydrogen-bond acceptors (Lipinski definition) is 6. The number of thioether (sulfide) groups is 1. The van der Waals surface area contributed by atoms with Crippen LogP contribution in [0.2, 0.25) is 0 Å². The highest BCUT2D eigenvalue weighted by atomic mass is 32.2. The smallest absolute Gasteiger partial charge is 0.378 e. The average molecular weight is 609 g/mol. The number of alkyl halides is 6. The summed E-state index contributed by atoms with van der Waals surface area (Å²) in [7, 11) is 2.02. The fourth-order valence-corrected chi connectivity index (χ4v) is 6.36. The molecule has 1 aromatic heterocycles. The number of likely N-dealkylation sites (tertiary alicyclic amines) is 1. The Bertz CT molecular complexity index is 1410. The summed E-state index contributed by atoms with van der Waals surface area (Å²) in [5.74, 6) is 6.21. The molecule has 2 aromatic rings. The zero-order valence-electron chi connectivity index (χ0n) is 22.9. The molecule has 2 saturated heterocycles. The molecule has 5 rings (SSSR count). The molecule has 2 fully saturated rings. The van der Waals surface area contributed by atoms with E-state index in [1.807, 2.05) is 11.9 Å². The van der Waals surface area contributed by atoms with Crippen LogP contribution >= 0.6 is 11.8 Å². The number of nitrogens with one attached hydrogen (secondary N) is 1. The van der Waals surface area contributed by atoms with Crippen molar-refractivity contribution in [3.8, 4) is 23.0 Å². The minimum atomic E-state index is -5.27. The van der Waals surface area contributed by atoms with Crippen molar-refractivity contribution in [3.05, 3.63) is 64.3 Å². The molecule has 5 nitrogen and oxygen atoms in total. The van der Waals surface area contributed by atoms with E-state index in [1.165, 1.54) is 18.3 Å². The monoisotopic (exact) mass is 608 g/mol. The van der Waals surface area contributed by atoms with Crippen LogP contribution in [0.1, 0.15) is 30.4 Å². The van der Waals surface area contributed by atoms with E-state index in [2.05, 4.69) is 27.0 Å². The minimum absolute atomic E-state index is 0.00738. The number of allylic oxidation sites excluding steroid dienone is 4. The van der Waals surface area contributed by atoms with Crippen molar-refractivity contribution in [3.63, 3.8) is 0 Å². The highest BCUT2D eigenvalue weighted by Crippen LogP contribution is 2.50. The summed E-state index contributed by atoms with van der Waals surface area (Å²) in [5.41, 5.74) is -3.49. The van der Waals surface area contributed by atoms with Crippen LogP contribution in [0.15, 0.2) is 58.1 Å². The summed E-state index contributed by atoms with van der Waals surface area (Å²) in [6, 6.07) is 5.04. The van der Waals surface area contributed by atoms with Crippen LogP contribution in [0.25, 0.3) is 11.1 Å². The van der Waals surface area contributed by atoms with Gasteiger partial charge in [0.15, 0.2) is 0 Å². The van der Waals surface area contributed by atoms with Crippen LogP contribution in [-0.4, -0.2) is 62.4 Å². The van der Waals surface area contributed by atoms with Gasteiger partial charge in [0.2, 0.25) is 0 Å². The van der Waals surface area contributed by atoms with Gasteiger partial charge in [-0.3, -0.25) is 0 Å². The number of morpholine rings is 1. The van der Waals surface area contributed by atoms with Crippen molar-refractivity contribution in [2.45, 2.75) is 42.6 Å². The number of pyridine rings is 1. The Kier molecular flexibility index (Phi) is 9.11. The zero-order chi connectivity index (χ0) is 29.9. The molecule has 2 aliphatic heterocycles. The summed E-state index contributed by atoms with van der Waals surface area (Å²) >= 11 is 0.687. The lowest BCUT2D eigenvalue weighted by Gasteiger charge is -2.30. The standard InChI is InChI=1S/C30H30F6N4OS/c1-39-13-10-21(11-14-39)38-23-5-3-2-4-6-24(23)42-25-8-7-22(27(29(31,32)33)28(25)30(34,35)36)20-9-12-37-26(19-20)40-15-17-41-18-16-40/h2,4,7-9,12,19,21,38H,6,10-11,13-18H2,1H3. The molecule has 0 bridgehead atoms. The number of benzene rings is 1. The van der Waals surface area contributed by atoms with E-state index in [0.29, 0.717) is 54.5 Å². The molecule has 0 unspecified atom stereocenters. The highest BCUT2D eigenvalue weighted by Gasteiger charge is 2.47. The maximum absolute atomic E-state index is 14.6. The second-order valence-electron chi connectivity index (χ2n) is 10.4. The molecule has 0 saturated carbocycles. The summed E-state index contributed by atoms with van der Waals surface area (Å²) in [6.07, 6.45) is -4.03. The van der Waals surface area contributed by atoms with Crippen molar-refractivity contribution < 1.29 is 31.1 Å². The number of ether oxygens (including phenoxy) is 1. The largest absolute Gasteiger partial charge is 0.418 e. The molecule has 224 valence electrons. The maximum Gasteiger partial charge on any atom is 0.418 e. The number of anilines is 1. The predicted octanol–water partition coefficient (Wildman–Crippen LogP) is 6.57. The topological polar surface area (TPSA) is 40.6 Å².